The highest BCUT2D eigenvalue weighted by molar-refractivity contribution is 7.99. The van der Waals surface area contributed by atoms with Gasteiger partial charge in [0.05, 0.1) is 5.56 Å². The van der Waals surface area contributed by atoms with Crippen LogP contribution >= 0.6 is 11.8 Å². The normalized spacial score (nSPS) is 10.0. The Morgan fingerprint density at radius 1 is 1.12 bits per heavy atom. The first-order valence-corrected chi connectivity index (χ1v) is 5.56. The van der Waals surface area contributed by atoms with E-state index in [1.807, 2.05) is 30.3 Å². The number of rotatable bonds is 3. The van der Waals surface area contributed by atoms with Crippen molar-refractivity contribution in [3.63, 3.8) is 0 Å². The number of amides is 1. The molecule has 1 amide bonds. The zero-order valence-electron chi connectivity index (χ0n) is 8.46. The van der Waals surface area contributed by atoms with Crippen LogP contribution in [0.5, 0.6) is 0 Å². The summed E-state index contributed by atoms with van der Waals surface area (Å²) in [5.74, 6) is -0.455. The number of nitrogens with zero attached hydrogens (tertiary/aromatic N) is 1. The Bertz CT molecular complexity index is 482. The lowest BCUT2D eigenvalue weighted by molar-refractivity contribution is 0.1000. The number of hydrogen-bond donors (Lipinski definition) is 1. The molecule has 2 N–H and O–H groups in total. The van der Waals surface area contributed by atoms with Crippen molar-refractivity contribution >= 4 is 17.7 Å². The van der Waals surface area contributed by atoms with Crippen LogP contribution in [0.1, 0.15) is 10.4 Å². The van der Waals surface area contributed by atoms with Gasteiger partial charge in [-0.05, 0) is 24.3 Å². The average Bonchev–Trinajstić information content (AvgIpc) is 2.31. The number of hydrogen-bond acceptors (Lipinski definition) is 3. The number of aromatic nitrogens is 1. The fourth-order valence-electron chi connectivity index (χ4n) is 1.20. The third-order valence-corrected chi connectivity index (χ3v) is 2.94. The van der Waals surface area contributed by atoms with Gasteiger partial charge in [-0.1, -0.05) is 30.0 Å². The van der Waals surface area contributed by atoms with Crippen LogP contribution < -0.4 is 5.73 Å². The van der Waals surface area contributed by atoms with Crippen LogP contribution in [0.4, 0.5) is 0 Å². The number of benzene rings is 1. The van der Waals surface area contributed by atoms with E-state index in [-0.39, 0.29) is 0 Å². The zero-order chi connectivity index (χ0) is 11.4. The lowest BCUT2D eigenvalue weighted by Crippen LogP contribution is -2.10. The maximum absolute atomic E-state index is 10.8. The largest absolute Gasteiger partial charge is 0.366 e. The Labute approximate surface area is 97.7 Å². The van der Waals surface area contributed by atoms with E-state index in [0.717, 1.165) is 9.92 Å². The summed E-state index contributed by atoms with van der Waals surface area (Å²) in [6, 6.07) is 13.4. The molecule has 1 aromatic heterocycles. The first kappa shape index (κ1) is 10.7. The van der Waals surface area contributed by atoms with Crippen molar-refractivity contribution in [2.75, 3.05) is 0 Å². The standard InChI is InChI=1S/C12H10N2OS/c13-12(15)9-6-7-11(14-8-9)16-10-4-2-1-3-5-10/h1-8H,(H2,13,15). The second-order valence-corrected chi connectivity index (χ2v) is 4.26. The molecule has 0 aliphatic carbocycles. The average molecular weight is 230 g/mol. The van der Waals surface area contributed by atoms with Crippen LogP contribution in [0, 0.1) is 0 Å². The van der Waals surface area contributed by atoms with Crippen molar-refractivity contribution < 1.29 is 4.79 Å². The van der Waals surface area contributed by atoms with Crippen LogP contribution in [-0.2, 0) is 0 Å². The Hall–Kier alpha value is -1.81. The summed E-state index contributed by atoms with van der Waals surface area (Å²) in [7, 11) is 0. The molecule has 0 aliphatic rings. The summed E-state index contributed by atoms with van der Waals surface area (Å²) in [6.07, 6.45) is 1.49. The van der Waals surface area contributed by atoms with Gasteiger partial charge in [0, 0.05) is 11.1 Å². The van der Waals surface area contributed by atoms with Gasteiger partial charge < -0.3 is 5.73 Å². The second-order valence-electron chi connectivity index (χ2n) is 3.16. The lowest BCUT2D eigenvalue weighted by atomic mass is 10.3. The van der Waals surface area contributed by atoms with Crippen LogP contribution in [0.15, 0.2) is 58.6 Å². The molecule has 1 heterocycles. The number of primary amides is 1. The van der Waals surface area contributed by atoms with Gasteiger partial charge in [0.25, 0.3) is 0 Å². The van der Waals surface area contributed by atoms with E-state index in [2.05, 4.69) is 4.98 Å². The minimum absolute atomic E-state index is 0.428. The molecule has 0 aliphatic heterocycles. The van der Waals surface area contributed by atoms with Gasteiger partial charge in [0.1, 0.15) is 5.03 Å². The van der Waals surface area contributed by atoms with Gasteiger partial charge in [-0.3, -0.25) is 4.79 Å². The predicted molar refractivity (Wildman–Crippen MR) is 63.3 cm³/mol. The fourth-order valence-corrected chi connectivity index (χ4v) is 1.97. The van der Waals surface area contributed by atoms with E-state index in [1.54, 1.807) is 23.9 Å². The van der Waals surface area contributed by atoms with Crippen LogP contribution in [0.3, 0.4) is 0 Å². The molecule has 80 valence electrons. The zero-order valence-corrected chi connectivity index (χ0v) is 9.28. The molecule has 0 radical (unpaired) electrons. The summed E-state index contributed by atoms with van der Waals surface area (Å²) in [5, 5.41) is 0.844. The van der Waals surface area contributed by atoms with Gasteiger partial charge in [0.2, 0.25) is 5.91 Å². The van der Waals surface area contributed by atoms with Gasteiger partial charge >= 0.3 is 0 Å². The molecule has 2 rings (SSSR count). The SMILES string of the molecule is NC(=O)c1ccc(Sc2ccccc2)nc1. The maximum atomic E-state index is 10.8. The predicted octanol–water partition coefficient (Wildman–Crippen LogP) is 2.33. The second kappa shape index (κ2) is 4.81. The lowest BCUT2D eigenvalue weighted by Gasteiger charge is -2.00. The van der Waals surface area contributed by atoms with E-state index in [9.17, 15) is 4.79 Å². The Balaban J connectivity index is 2.14. The third kappa shape index (κ3) is 2.61. The number of nitrogens with two attached hydrogens (primary N) is 1. The fraction of sp³-hybridized carbons (Fsp3) is 0. The van der Waals surface area contributed by atoms with Crippen molar-refractivity contribution in [1.82, 2.24) is 4.98 Å². The molecular weight excluding hydrogens is 220 g/mol. The molecule has 1 aromatic carbocycles. The first-order valence-electron chi connectivity index (χ1n) is 4.74. The molecule has 0 atom stereocenters. The molecule has 0 bridgehead atoms. The van der Waals surface area contributed by atoms with E-state index in [1.165, 1.54) is 6.20 Å². The summed E-state index contributed by atoms with van der Waals surface area (Å²) in [6.45, 7) is 0. The van der Waals surface area contributed by atoms with Crippen LogP contribution in [0.25, 0.3) is 0 Å². The quantitative estimate of drug-likeness (QED) is 0.880. The van der Waals surface area contributed by atoms with Crippen molar-refractivity contribution in [3.05, 3.63) is 54.2 Å². The van der Waals surface area contributed by atoms with Crippen molar-refractivity contribution in [1.29, 1.82) is 0 Å². The minimum Gasteiger partial charge on any atom is -0.366 e. The van der Waals surface area contributed by atoms with Gasteiger partial charge in [-0.25, -0.2) is 4.98 Å². The number of pyridine rings is 1. The van der Waals surface area contributed by atoms with E-state index >= 15 is 0 Å². The summed E-state index contributed by atoms with van der Waals surface area (Å²) >= 11 is 1.54. The molecule has 0 spiro atoms. The van der Waals surface area contributed by atoms with Gasteiger partial charge in [0.15, 0.2) is 0 Å². The molecule has 0 fully saturated rings. The molecule has 16 heavy (non-hydrogen) atoms. The van der Waals surface area contributed by atoms with Crippen molar-refractivity contribution in [2.45, 2.75) is 9.92 Å². The highest BCUT2D eigenvalue weighted by Crippen LogP contribution is 2.25. The topological polar surface area (TPSA) is 56.0 Å². The maximum Gasteiger partial charge on any atom is 0.250 e. The monoisotopic (exact) mass is 230 g/mol. The van der Waals surface area contributed by atoms with Gasteiger partial charge in [-0.15, -0.1) is 0 Å². The van der Waals surface area contributed by atoms with E-state index < -0.39 is 5.91 Å². The molecule has 4 heteroatoms. The number of carbonyl (C=O) groups is 1. The summed E-state index contributed by atoms with van der Waals surface area (Å²) < 4.78 is 0. The summed E-state index contributed by atoms with van der Waals surface area (Å²) in [4.78, 5) is 16.1. The molecule has 3 nitrogen and oxygen atoms in total. The molecule has 2 aromatic rings. The van der Waals surface area contributed by atoms with Crippen molar-refractivity contribution in [2.24, 2.45) is 5.73 Å². The van der Waals surface area contributed by atoms with Crippen LogP contribution in [0.2, 0.25) is 0 Å². The molecule has 0 saturated carbocycles. The minimum atomic E-state index is -0.455. The first-order chi connectivity index (χ1) is 7.75. The summed E-state index contributed by atoms with van der Waals surface area (Å²) in [5.41, 5.74) is 5.56. The number of carbonyl (C=O) groups excluding carboxylic acids is 1. The third-order valence-electron chi connectivity index (χ3n) is 1.99. The smallest absolute Gasteiger partial charge is 0.250 e. The van der Waals surface area contributed by atoms with Crippen LogP contribution in [-0.4, -0.2) is 10.9 Å². The molecule has 0 saturated heterocycles. The van der Waals surface area contributed by atoms with Gasteiger partial charge in [-0.2, -0.15) is 0 Å². The Morgan fingerprint density at radius 3 is 2.44 bits per heavy atom. The van der Waals surface area contributed by atoms with E-state index in [0.29, 0.717) is 5.56 Å². The van der Waals surface area contributed by atoms with Crippen molar-refractivity contribution in [3.8, 4) is 0 Å². The molecule has 0 unspecified atom stereocenters. The highest BCUT2D eigenvalue weighted by Gasteiger charge is 2.02. The Morgan fingerprint density at radius 2 is 1.88 bits per heavy atom. The van der Waals surface area contributed by atoms with E-state index in [4.69, 9.17) is 5.73 Å². The highest BCUT2D eigenvalue weighted by atomic mass is 32.2. The Kier molecular flexibility index (Phi) is 3.22. The molecular formula is C12H10N2OS.